The number of fused-ring (bicyclic) bond motifs is 1. The maximum absolute atomic E-state index is 9.22. The number of halogens is 1. The minimum Gasteiger partial charge on any atom is -0.394 e. The van der Waals surface area contributed by atoms with Crippen molar-refractivity contribution < 1.29 is 19.3 Å². The number of anilines is 1. The van der Waals surface area contributed by atoms with Gasteiger partial charge in [0.25, 0.3) is 0 Å². The minimum absolute atomic E-state index is 0.00302. The van der Waals surface area contributed by atoms with Gasteiger partial charge in [-0.2, -0.15) is 5.11 Å². The molecule has 3 aliphatic rings. The Kier molecular flexibility index (Phi) is 10.0. The smallest absolute Gasteiger partial charge is 0.189 e. The fraction of sp³-hybridized carbons (Fsp3) is 0.714. The van der Waals surface area contributed by atoms with E-state index in [9.17, 15) is 5.11 Å². The summed E-state index contributed by atoms with van der Waals surface area (Å²) in [5.41, 5.74) is 9.34. The van der Waals surface area contributed by atoms with Crippen LogP contribution in [-0.2, 0) is 20.6 Å². The molecule has 0 radical (unpaired) electrons. The Labute approximate surface area is 249 Å². The van der Waals surface area contributed by atoms with Gasteiger partial charge < -0.3 is 24.6 Å². The van der Waals surface area contributed by atoms with Crippen molar-refractivity contribution in [1.29, 1.82) is 5.53 Å². The highest BCUT2D eigenvalue weighted by Gasteiger charge is 2.51. The van der Waals surface area contributed by atoms with Crippen LogP contribution >= 0.6 is 34.7 Å². The monoisotopic (exact) mass is 609 g/mol. The molecule has 3 heterocycles. The zero-order chi connectivity index (χ0) is 28.3. The van der Waals surface area contributed by atoms with Crippen LogP contribution in [0.25, 0.3) is 0 Å². The van der Waals surface area contributed by atoms with Gasteiger partial charge in [0.05, 0.1) is 35.5 Å². The van der Waals surface area contributed by atoms with Gasteiger partial charge in [-0.25, -0.2) is 15.5 Å². The molecule has 9 nitrogen and oxygen atoms in total. The summed E-state index contributed by atoms with van der Waals surface area (Å²) < 4.78 is 19.3. The highest BCUT2D eigenvalue weighted by atomic mass is 35.5. The van der Waals surface area contributed by atoms with E-state index in [1.807, 2.05) is 19.9 Å². The Morgan fingerprint density at radius 2 is 2.10 bits per heavy atom. The van der Waals surface area contributed by atoms with Crippen molar-refractivity contribution in [3.63, 3.8) is 0 Å². The molecule has 0 bridgehead atoms. The van der Waals surface area contributed by atoms with Crippen LogP contribution in [0.3, 0.4) is 0 Å². The zero-order valence-electron chi connectivity index (χ0n) is 23.4. The van der Waals surface area contributed by atoms with Crippen molar-refractivity contribution in [3.05, 3.63) is 27.0 Å². The van der Waals surface area contributed by atoms with Gasteiger partial charge >= 0.3 is 0 Å². The Hall–Kier alpha value is -1.34. The average molecular weight is 610 g/mol. The topological polar surface area (TPSA) is 122 Å². The lowest BCUT2D eigenvalue weighted by Gasteiger charge is -2.36. The molecule has 2 saturated carbocycles. The van der Waals surface area contributed by atoms with Gasteiger partial charge in [-0.1, -0.05) is 30.3 Å². The second-order valence-electron chi connectivity index (χ2n) is 11.3. The van der Waals surface area contributed by atoms with Gasteiger partial charge in [0, 0.05) is 22.6 Å². The van der Waals surface area contributed by atoms with E-state index in [1.54, 1.807) is 23.1 Å². The molecule has 6 atom stereocenters. The van der Waals surface area contributed by atoms with Crippen LogP contribution in [0.1, 0.15) is 75.8 Å². The molecule has 12 heteroatoms. The first-order valence-corrected chi connectivity index (χ1v) is 16.5. The van der Waals surface area contributed by atoms with E-state index < -0.39 is 5.79 Å². The summed E-state index contributed by atoms with van der Waals surface area (Å²) in [7, 11) is 0. The molecule has 2 aromatic heterocycles. The van der Waals surface area contributed by atoms with Gasteiger partial charge in [0.15, 0.2) is 16.8 Å². The average Bonchev–Trinajstić information content (AvgIpc) is 3.40. The van der Waals surface area contributed by atoms with E-state index in [0.717, 1.165) is 59.5 Å². The number of nitrogens with one attached hydrogen (secondary N) is 2. The number of aromatic nitrogens is 2. The van der Waals surface area contributed by atoms with Crippen molar-refractivity contribution in [1.82, 2.24) is 9.97 Å². The molecule has 0 amide bonds. The lowest BCUT2D eigenvalue weighted by atomic mass is 9.80. The second-order valence-corrected chi connectivity index (χ2v) is 14.1. The molecule has 3 N–H and O–H groups in total. The number of aliphatic hydroxyl groups is 1. The molecule has 2 aliphatic carbocycles. The first-order valence-electron chi connectivity index (χ1n) is 14.3. The number of thioether (sulfide) groups is 1. The summed E-state index contributed by atoms with van der Waals surface area (Å²) in [4.78, 5) is 10.9. The molecule has 0 aromatic carbocycles. The lowest BCUT2D eigenvalue weighted by molar-refractivity contribution is -0.159. The number of hydrogen-bond acceptors (Lipinski definition) is 11. The van der Waals surface area contributed by atoms with Crippen molar-refractivity contribution >= 4 is 46.2 Å². The number of aliphatic hydroxyl groups excluding tert-OH is 1. The molecule has 40 heavy (non-hydrogen) atoms. The Morgan fingerprint density at radius 1 is 1.27 bits per heavy atom. The van der Waals surface area contributed by atoms with Gasteiger partial charge in [0.1, 0.15) is 11.8 Å². The summed E-state index contributed by atoms with van der Waals surface area (Å²) in [5, 5.41) is 17.4. The third-order valence-electron chi connectivity index (χ3n) is 7.78. The molecule has 220 valence electrons. The van der Waals surface area contributed by atoms with Gasteiger partial charge in [0.2, 0.25) is 0 Å². The molecule has 6 unspecified atom stereocenters. The third-order valence-corrected chi connectivity index (χ3v) is 10.2. The lowest BCUT2D eigenvalue weighted by Crippen LogP contribution is -2.46. The van der Waals surface area contributed by atoms with E-state index in [-0.39, 0.29) is 31.0 Å². The van der Waals surface area contributed by atoms with Crippen molar-refractivity contribution in [2.24, 2.45) is 11.0 Å². The normalized spacial score (nSPS) is 28.8. The first-order chi connectivity index (χ1) is 19.3. The van der Waals surface area contributed by atoms with Crippen LogP contribution < -0.4 is 5.32 Å². The molecule has 3 fully saturated rings. The van der Waals surface area contributed by atoms with Gasteiger partial charge in [-0.15, -0.1) is 11.3 Å². The molecule has 5 rings (SSSR count). The predicted octanol–water partition coefficient (Wildman–Crippen LogP) is 6.95. The van der Waals surface area contributed by atoms with Crippen molar-refractivity contribution in [2.75, 3.05) is 24.3 Å². The summed E-state index contributed by atoms with van der Waals surface area (Å²) in [6.07, 6.45) is 6.25. The Bertz CT molecular complexity index is 1170. The summed E-state index contributed by atoms with van der Waals surface area (Å²) in [6.45, 7) is 6.37. The summed E-state index contributed by atoms with van der Waals surface area (Å²) >= 11 is 9.43. The number of nitrogens with zero attached hydrogens (tertiary/aromatic N) is 3. The SMILES string of the molecule is CCCSc1nc(CCCC2CCC(OCCO)C3OC(C)(C)OC23)c(N=N)c(NC2CC2c2ccc(Cl)s2)n1. The van der Waals surface area contributed by atoms with E-state index in [0.29, 0.717) is 36.4 Å². The fourth-order valence-electron chi connectivity index (χ4n) is 5.90. The van der Waals surface area contributed by atoms with Gasteiger partial charge in [-0.3, -0.25) is 0 Å². The van der Waals surface area contributed by atoms with E-state index in [2.05, 4.69) is 23.4 Å². The summed E-state index contributed by atoms with van der Waals surface area (Å²) in [6, 6.07) is 4.30. The molecule has 0 spiro atoms. The first kappa shape index (κ1) is 30.1. The molecular formula is C28H40ClN5O4S2. The quantitative estimate of drug-likeness (QED) is 0.119. The predicted molar refractivity (Wildman–Crippen MR) is 158 cm³/mol. The van der Waals surface area contributed by atoms with Crippen LogP contribution in [0.15, 0.2) is 22.4 Å². The molecule has 1 aliphatic heterocycles. The van der Waals surface area contributed by atoms with Crippen LogP contribution in [-0.4, -0.2) is 64.2 Å². The van der Waals surface area contributed by atoms with Crippen molar-refractivity contribution in [3.8, 4) is 0 Å². The molecule has 1 saturated heterocycles. The van der Waals surface area contributed by atoms with Crippen molar-refractivity contribution in [2.45, 2.75) is 107 Å². The molecule has 2 aromatic rings. The maximum atomic E-state index is 9.22. The highest BCUT2D eigenvalue weighted by molar-refractivity contribution is 7.99. The zero-order valence-corrected chi connectivity index (χ0v) is 25.8. The number of thiophene rings is 1. The minimum atomic E-state index is -0.649. The van der Waals surface area contributed by atoms with E-state index in [1.165, 1.54) is 4.88 Å². The number of ether oxygens (including phenoxy) is 3. The van der Waals surface area contributed by atoms with Gasteiger partial charge in [-0.05, 0) is 76.8 Å². The standard InChI is InChI=1S/C28H40ClN5O4S2/c1-4-14-39-27-32-18(23(34-30)26(33-27)31-19-15-17(19)21-10-11-22(29)40-21)7-5-6-16-8-9-20(36-13-12-35)25-24(16)37-28(2,3)38-25/h10-11,16-17,19-20,24-25,30,35H,4-9,12-15H2,1-3H3,(H,31,32,33). The Balaban J connectivity index is 1.26. The maximum Gasteiger partial charge on any atom is 0.189 e. The second kappa shape index (κ2) is 13.3. The number of rotatable bonds is 14. The molecular weight excluding hydrogens is 570 g/mol. The van der Waals surface area contributed by atoms with Crippen LogP contribution in [0.2, 0.25) is 4.34 Å². The van der Waals surface area contributed by atoms with Crippen LogP contribution in [0, 0.1) is 11.4 Å². The van der Waals surface area contributed by atoms with Crippen LogP contribution in [0.4, 0.5) is 11.5 Å². The highest BCUT2D eigenvalue weighted by Crippen LogP contribution is 2.47. The van der Waals surface area contributed by atoms with E-state index >= 15 is 0 Å². The third kappa shape index (κ3) is 7.17. The Morgan fingerprint density at radius 3 is 2.83 bits per heavy atom. The number of hydrogen-bond donors (Lipinski definition) is 3. The van der Waals surface area contributed by atoms with Crippen LogP contribution in [0.5, 0.6) is 0 Å². The van der Waals surface area contributed by atoms with E-state index in [4.69, 9.17) is 41.3 Å². The number of aryl methyl sites for hydroxylation is 1. The largest absolute Gasteiger partial charge is 0.394 e. The fourth-order valence-corrected chi connectivity index (χ4v) is 7.86. The summed E-state index contributed by atoms with van der Waals surface area (Å²) in [5.74, 6) is 1.70.